The molecule has 60 heavy (non-hydrogen) atoms. The van der Waals surface area contributed by atoms with E-state index in [1.807, 2.05) is 0 Å². The summed E-state index contributed by atoms with van der Waals surface area (Å²) in [6.45, 7) is 11.7. The van der Waals surface area contributed by atoms with Crippen molar-refractivity contribution in [2.75, 3.05) is 0 Å². The maximum absolute atomic E-state index is 12.1. The van der Waals surface area contributed by atoms with Crippen LogP contribution in [0.4, 0.5) is 0 Å². The maximum Gasteiger partial charge on any atom is 0.347 e. The van der Waals surface area contributed by atoms with E-state index in [2.05, 4.69) is 9.47 Å². The van der Waals surface area contributed by atoms with Gasteiger partial charge >= 0.3 is 47.8 Å². The van der Waals surface area contributed by atoms with Crippen molar-refractivity contribution in [1.82, 2.24) is 0 Å². The normalized spacial score (nSPS) is 17.2. The fourth-order valence-corrected chi connectivity index (χ4v) is 4.59. The molecule has 0 saturated carbocycles. The predicted molar refractivity (Wildman–Crippen MR) is 207 cm³/mol. The first-order valence-corrected chi connectivity index (χ1v) is 19.2. The van der Waals surface area contributed by atoms with Gasteiger partial charge in [0.15, 0.2) is 24.4 Å². The molecule has 20 heteroatoms. The van der Waals surface area contributed by atoms with Crippen LogP contribution in [0.1, 0.15) is 118 Å². The third-order valence-electron chi connectivity index (χ3n) is 8.12. The molecule has 342 valence electrons. The molecule has 1 fully saturated rings. The quantitative estimate of drug-likeness (QED) is 0.0950. The summed E-state index contributed by atoms with van der Waals surface area (Å²) in [7, 11) is 0. The zero-order valence-corrected chi connectivity index (χ0v) is 35.4. The number of carbonyl (C=O) groups excluding carboxylic acids is 8. The minimum absolute atomic E-state index is 0. The molecule has 0 aromatic heterocycles. The number of hydrogen-bond donors (Lipinski definition) is 2. The average molecular weight is 863 g/mol. The van der Waals surface area contributed by atoms with Crippen LogP contribution in [0.2, 0.25) is 0 Å². The van der Waals surface area contributed by atoms with Crippen molar-refractivity contribution in [1.29, 1.82) is 0 Å². The Morgan fingerprint density at radius 1 is 0.550 bits per heavy atom. The largest absolute Gasteiger partial charge is 0.461 e. The second kappa shape index (κ2) is 29.9. The number of aliphatic hydroxyl groups is 2. The highest BCUT2D eigenvalue weighted by atomic mass is 16.6. The number of cyclic esters (lactones) is 2. The SMILES string of the molecule is CC(CCCCC(=O)OCc1ccc(COC(=O)CCCCC(C)OC(=O)C(C)OC(=O)C(C)O)cc1)OC(=O)C(C)OC(=O)C(C)O.CC1OC(=O)C(C)OC1=O.O.O. The third-order valence-corrected chi connectivity index (χ3v) is 8.12. The van der Waals surface area contributed by atoms with E-state index < -0.39 is 84.6 Å². The summed E-state index contributed by atoms with van der Waals surface area (Å²) in [4.78, 5) is 92.3. The van der Waals surface area contributed by atoms with Crippen molar-refractivity contribution in [3.05, 3.63) is 35.4 Å². The summed E-state index contributed by atoms with van der Waals surface area (Å²) < 4.78 is 39.9. The van der Waals surface area contributed by atoms with Crippen LogP contribution in [0, 0.1) is 0 Å². The molecule has 8 unspecified atom stereocenters. The van der Waals surface area contributed by atoms with Crippen LogP contribution in [0.5, 0.6) is 0 Å². The smallest absolute Gasteiger partial charge is 0.347 e. The molecule has 1 saturated heterocycles. The maximum atomic E-state index is 12.1. The summed E-state index contributed by atoms with van der Waals surface area (Å²) in [5.41, 5.74) is 1.55. The Morgan fingerprint density at radius 3 is 1.17 bits per heavy atom. The number of ether oxygens (including phenoxy) is 8. The average Bonchev–Trinajstić information content (AvgIpc) is 3.16. The van der Waals surface area contributed by atoms with Crippen LogP contribution in [0.15, 0.2) is 24.3 Å². The summed E-state index contributed by atoms with van der Waals surface area (Å²) in [6, 6.07) is 7.11. The summed E-state index contributed by atoms with van der Waals surface area (Å²) in [5, 5.41) is 18.3. The summed E-state index contributed by atoms with van der Waals surface area (Å²) in [5.74, 6) is -4.93. The number of aliphatic hydroxyl groups excluding tert-OH is 2. The van der Waals surface area contributed by atoms with Gasteiger partial charge in [-0.3, -0.25) is 9.59 Å². The van der Waals surface area contributed by atoms with Gasteiger partial charge in [0.25, 0.3) is 0 Å². The van der Waals surface area contributed by atoms with Gasteiger partial charge in [-0.2, -0.15) is 0 Å². The minimum atomic E-state index is -1.34. The molecule has 0 radical (unpaired) electrons. The molecule has 0 aliphatic carbocycles. The van der Waals surface area contributed by atoms with E-state index in [9.17, 15) is 38.4 Å². The van der Waals surface area contributed by atoms with Gasteiger partial charge < -0.3 is 59.1 Å². The van der Waals surface area contributed by atoms with Crippen LogP contribution in [-0.4, -0.2) is 118 Å². The van der Waals surface area contributed by atoms with Crippen LogP contribution in [0.3, 0.4) is 0 Å². The van der Waals surface area contributed by atoms with Crippen molar-refractivity contribution >= 4 is 47.8 Å². The van der Waals surface area contributed by atoms with Gasteiger partial charge in [-0.1, -0.05) is 24.3 Å². The van der Waals surface area contributed by atoms with Crippen LogP contribution in [-0.2, 0) is 89.5 Å². The number of esters is 8. The Hall–Kier alpha value is -5.18. The Kier molecular flexibility index (Phi) is 28.4. The van der Waals surface area contributed by atoms with Crippen LogP contribution in [0.25, 0.3) is 0 Å². The highest BCUT2D eigenvalue weighted by Crippen LogP contribution is 2.14. The van der Waals surface area contributed by atoms with Gasteiger partial charge in [0, 0.05) is 12.8 Å². The Balaban J connectivity index is 0. The van der Waals surface area contributed by atoms with E-state index in [0.29, 0.717) is 38.5 Å². The molecule has 0 bridgehead atoms. The molecule has 0 spiro atoms. The van der Waals surface area contributed by atoms with E-state index in [1.165, 1.54) is 41.5 Å². The fourth-order valence-electron chi connectivity index (χ4n) is 4.59. The van der Waals surface area contributed by atoms with E-state index in [1.54, 1.807) is 38.1 Å². The van der Waals surface area contributed by atoms with Crippen LogP contribution >= 0.6 is 0 Å². The highest BCUT2D eigenvalue weighted by Gasteiger charge is 2.32. The predicted octanol–water partition coefficient (Wildman–Crippen LogP) is 1.60. The zero-order valence-electron chi connectivity index (χ0n) is 35.4. The van der Waals surface area contributed by atoms with E-state index in [0.717, 1.165) is 11.1 Å². The number of unbranched alkanes of at least 4 members (excludes halogenated alkanes) is 2. The Morgan fingerprint density at radius 2 is 0.867 bits per heavy atom. The summed E-state index contributed by atoms with van der Waals surface area (Å²) in [6.07, 6.45) is -3.63. The van der Waals surface area contributed by atoms with Crippen molar-refractivity contribution in [3.8, 4) is 0 Å². The molecule has 1 aromatic rings. The topological polar surface area (TPSA) is 314 Å². The highest BCUT2D eigenvalue weighted by molar-refractivity contribution is 5.87. The number of carbonyl (C=O) groups is 8. The van der Waals surface area contributed by atoms with Gasteiger partial charge in [-0.25, -0.2) is 28.8 Å². The lowest BCUT2D eigenvalue weighted by Gasteiger charge is -2.22. The standard InChI is InChI=1S/C34H50O14.C6H8O4.2H2O/c1-21(45-33(41)25(5)47-31(39)23(3)35)11-7-9-13-29(37)43-19-27-15-17-28(18-16-27)20-44-30(38)14-10-8-12-22(2)46-34(42)26(6)48-32(40)24(4)36;1-3-5(7)10-4(2)6(8)9-3;;/h15-18,21-26,35-36H,7-14,19-20H2,1-6H3;3-4H,1-2H3;2*1H2. The molecule has 1 aromatic carbocycles. The molecule has 1 aliphatic heterocycles. The minimum Gasteiger partial charge on any atom is -0.461 e. The lowest BCUT2D eigenvalue weighted by Crippen LogP contribution is -2.40. The lowest BCUT2D eigenvalue weighted by molar-refractivity contribution is -0.191. The number of rotatable bonds is 22. The first-order chi connectivity index (χ1) is 27.2. The van der Waals surface area contributed by atoms with Gasteiger partial charge in [0.1, 0.15) is 25.4 Å². The van der Waals surface area contributed by atoms with Crippen LogP contribution < -0.4 is 0 Å². The summed E-state index contributed by atoms with van der Waals surface area (Å²) >= 11 is 0. The number of benzene rings is 1. The molecule has 1 heterocycles. The zero-order chi connectivity index (χ0) is 43.9. The Bertz CT molecular complexity index is 1400. The monoisotopic (exact) mass is 862 g/mol. The molecule has 2 rings (SSSR count). The van der Waals surface area contributed by atoms with Crippen molar-refractivity contribution < 1.29 is 97.4 Å². The third kappa shape index (κ3) is 24.0. The van der Waals surface area contributed by atoms with Gasteiger partial charge in [0.05, 0.1) is 12.2 Å². The van der Waals surface area contributed by atoms with E-state index in [4.69, 9.17) is 38.6 Å². The molecule has 8 atom stereocenters. The van der Waals surface area contributed by atoms with E-state index in [-0.39, 0.29) is 48.9 Å². The molecule has 6 N–H and O–H groups in total. The first kappa shape index (κ1) is 56.9. The van der Waals surface area contributed by atoms with Crippen molar-refractivity contribution in [3.63, 3.8) is 0 Å². The Labute approximate surface area is 349 Å². The fraction of sp³-hybridized carbons (Fsp3) is 0.650. The van der Waals surface area contributed by atoms with Crippen molar-refractivity contribution in [2.24, 2.45) is 0 Å². The second-order valence-electron chi connectivity index (χ2n) is 13.8. The second-order valence-corrected chi connectivity index (χ2v) is 13.8. The molecule has 20 nitrogen and oxygen atoms in total. The van der Waals surface area contributed by atoms with E-state index >= 15 is 0 Å². The van der Waals surface area contributed by atoms with Crippen molar-refractivity contribution in [2.45, 2.75) is 169 Å². The molecular weight excluding hydrogens is 800 g/mol. The van der Waals surface area contributed by atoms with Gasteiger partial charge in [-0.15, -0.1) is 0 Å². The molecular formula is C40H62O20. The molecule has 0 amide bonds. The first-order valence-electron chi connectivity index (χ1n) is 19.2. The molecule has 1 aliphatic rings. The van der Waals surface area contributed by atoms with Gasteiger partial charge in [0.2, 0.25) is 0 Å². The lowest BCUT2D eigenvalue weighted by atomic mass is 10.1. The van der Waals surface area contributed by atoms with Gasteiger partial charge in [-0.05, 0) is 105 Å². The number of hydrogen-bond acceptors (Lipinski definition) is 18.